The van der Waals surface area contributed by atoms with E-state index in [-0.39, 0.29) is 36.0 Å². The second-order valence-electron chi connectivity index (χ2n) is 10.9. The Morgan fingerprint density at radius 1 is 0.907 bits per heavy atom. The maximum atomic E-state index is 13.9. The Kier molecular flexibility index (Phi) is 9.43. The summed E-state index contributed by atoms with van der Waals surface area (Å²) < 4.78 is 41.7. The van der Waals surface area contributed by atoms with Crippen LogP contribution in [-0.4, -0.2) is 59.3 Å². The van der Waals surface area contributed by atoms with Gasteiger partial charge in [-0.1, -0.05) is 37.0 Å². The van der Waals surface area contributed by atoms with Gasteiger partial charge in [0.25, 0.3) is 0 Å². The first kappa shape index (κ1) is 30.3. The lowest BCUT2D eigenvalue weighted by atomic mass is 10.0. The average Bonchev–Trinajstić information content (AvgIpc) is 3.84. The molecule has 2 aliphatic rings. The van der Waals surface area contributed by atoms with Crippen molar-refractivity contribution in [2.45, 2.75) is 38.9 Å². The molecule has 10 heteroatoms. The van der Waals surface area contributed by atoms with Crippen molar-refractivity contribution in [3.63, 3.8) is 0 Å². The van der Waals surface area contributed by atoms with Crippen LogP contribution in [0.1, 0.15) is 47.6 Å². The molecule has 0 bridgehead atoms. The zero-order valence-electron chi connectivity index (χ0n) is 24.0. The van der Waals surface area contributed by atoms with Crippen molar-refractivity contribution >= 4 is 23.3 Å². The molecule has 2 aromatic carbocycles. The van der Waals surface area contributed by atoms with Crippen molar-refractivity contribution in [1.29, 1.82) is 0 Å². The van der Waals surface area contributed by atoms with Crippen molar-refractivity contribution < 1.29 is 22.8 Å². The number of aromatic nitrogens is 1. The standard InChI is InChI=1S/C33H34F3N5O2/c1-2-40-15-17-41(18-16-40)22-27-12-13-28(20-29(27)33(34,35)36)38-31(42)19-24-6-3-23(4-7-24)5-8-25-9-14-30(37-21-25)39-32(43)26-10-11-26/h3-4,6-7,9,12-14,20-21,26H,2,10-11,15-19,22H2,1H3,(H,38,42)(H,37,39,43). The number of carbonyl (C=O) groups is 2. The monoisotopic (exact) mass is 589 g/mol. The summed E-state index contributed by atoms with van der Waals surface area (Å²) in [5.74, 6) is 6.25. The molecule has 7 nitrogen and oxygen atoms in total. The molecule has 0 radical (unpaired) electrons. The van der Waals surface area contributed by atoms with Crippen molar-refractivity contribution in [2.24, 2.45) is 5.92 Å². The number of pyridine rings is 1. The van der Waals surface area contributed by atoms with Crippen LogP contribution < -0.4 is 10.6 Å². The van der Waals surface area contributed by atoms with Crippen LogP contribution in [0.4, 0.5) is 24.7 Å². The summed E-state index contributed by atoms with van der Waals surface area (Å²) in [6.07, 6.45) is -1.07. The van der Waals surface area contributed by atoms with E-state index in [0.717, 1.165) is 57.2 Å². The number of hydrogen-bond acceptors (Lipinski definition) is 5. The molecular weight excluding hydrogens is 555 g/mol. The van der Waals surface area contributed by atoms with Crippen LogP contribution in [0.2, 0.25) is 0 Å². The van der Waals surface area contributed by atoms with Gasteiger partial charge in [0, 0.05) is 61.7 Å². The minimum Gasteiger partial charge on any atom is -0.326 e. The van der Waals surface area contributed by atoms with Gasteiger partial charge in [-0.3, -0.25) is 14.5 Å². The molecule has 0 atom stereocenters. The van der Waals surface area contributed by atoms with Gasteiger partial charge in [0.05, 0.1) is 12.0 Å². The Balaban J connectivity index is 1.15. The van der Waals surface area contributed by atoms with Crippen molar-refractivity contribution in [2.75, 3.05) is 43.4 Å². The summed E-state index contributed by atoms with van der Waals surface area (Å²) in [7, 11) is 0. The molecule has 1 aliphatic heterocycles. The third-order valence-electron chi connectivity index (χ3n) is 7.64. The number of halogens is 3. The second-order valence-corrected chi connectivity index (χ2v) is 10.9. The predicted octanol–water partition coefficient (Wildman–Crippen LogP) is 5.17. The molecule has 0 spiro atoms. The fraction of sp³-hybridized carbons (Fsp3) is 0.364. The maximum absolute atomic E-state index is 13.9. The number of rotatable bonds is 8. The number of piperazine rings is 1. The molecule has 1 aromatic heterocycles. The van der Waals surface area contributed by atoms with E-state index in [1.54, 1.807) is 42.6 Å². The smallest absolute Gasteiger partial charge is 0.326 e. The van der Waals surface area contributed by atoms with Gasteiger partial charge in [-0.25, -0.2) is 4.98 Å². The number of amides is 2. The van der Waals surface area contributed by atoms with Crippen LogP contribution in [0.3, 0.4) is 0 Å². The van der Waals surface area contributed by atoms with Crippen molar-refractivity contribution in [3.8, 4) is 11.8 Å². The number of carbonyl (C=O) groups excluding carboxylic acids is 2. The van der Waals surface area contributed by atoms with E-state index in [0.29, 0.717) is 16.9 Å². The van der Waals surface area contributed by atoms with Gasteiger partial charge in [-0.05, 0) is 66.9 Å². The lowest BCUT2D eigenvalue weighted by Gasteiger charge is -2.34. The predicted molar refractivity (Wildman–Crippen MR) is 159 cm³/mol. The van der Waals surface area contributed by atoms with E-state index >= 15 is 0 Å². The van der Waals surface area contributed by atoms with Crippen LogP contribution in [0.15, 0.2) is 60.8 Å². The highest BCUT2D eigenvalue weighted by Crippen LogP contribution is 2.35. The zero-order chi connectivity index (χ0) is 30.4. The summed E-state index contributed by atoms with van der Waals surface area (Å²) in [5.41, 5.74) is 1.73. The third-order valence-corrected chi connectivity index (χ3v) is 7.64. The number of nitrogens with one attached hydrogen (secondary N) is 2. The molecular formula is C33H34F3N5O2. The normalized spacial score (nSPS) is 15.8. The van der Waals surface area contributed by atoms with Crippen LogP contribution in [0, 0.1) is 17.8 Å². The lowest BCUT2D eigenvalue weighted by molar-refractivity contribution is -0.138. The fourth-order valence-corrected chi connectivity index (χ4v) is 4.92. The molecule has 1 aliphatic carbocycles. The Bertz CT molecular complexity index is 1500. The van der Waals surface area contributed by atoms with Gasteiger partial charge < -0.3 is 15.5 Å². The van der Waals surface area contributed by atoms with Crippen molar-refractivity contribution in [1.82, 2.24) is 14.8 Å². The first-order valence-electron chi connectivity index (χ1n) is 14.5. The molecule has 5 rings (SSSR count). The Morgan fingerprint density at radius 3 is 2.21 bits per heavy atom. The Morgan fingerprint density at radius 2 is 1.58 bits per heavy atom. The lowest BCUT2D eigenvalue weighted by Crippen LogP contribution is -2.45. The quantitative estimate of drug-likeness (QED) is 0.355. The van der Waals surface area contributed by atoms with Crippen LogP contribution in [0.25, 0.3) is 0 Å². The largest absolute Gasteiger partial charge is 0.416 e. The first-order chi connectivity index (χ1) is 20.7. The van der Waals surface area contributed by atoms with Gasteiger partial charge in [-0.2, -0.15) is 13.2 Å². The Hall–Kier alpha value is -4.20. The number of benzene rings is 2. The topological polar surface area (TPSA) is 77.6 Å². The van der Waals surface area contributed by atoms with Gasteiger partial charge in [-0.15, -0.1) is 0 Å². The molecule has 2 amide bonds. The van der Waals surface area contributed by atoms with Gasteiger partial charge in [0.1, 0.15) is 5.82 Å². The molecule has 1 saturated carbocycles. The first-order valence-corrected chi connectivity index (χ1v) is 14.5. The van der Waals surface area contributed by atoms with Crippen LogP contribution >= 0.6 is 0 Å². The van der Waals surface area contributed by atoms with E-state index in [9.17, 15) is 22.8 Å². The van der Waals surface area contributed by atoms with E-state index < -0.39 is 17.6 Å². The highest BCUT2D eigenvalue weighted by molar-refractivity contribution is 5.93. The highest BCUT2D eigenvalue weighted by Gasteiger charge is 2.34. The number of hydrogen-bond donors (Lipinski definition) is 2. The molecule has 1 saturated heterocycles. The SMILES string of the molecule is CCN1CCN(Cc2ccc(NC(=O)Cc3ccc(C#Cc4ccc(NC(=O)C5CC5)nc4)cc3)cc2C(F)(F)F)CC1. The highest BCUT2D eigenvalue weighted by atomic mass is 19.4. The second kappa shape index (κ2) is 13.4. The molecule has 2 heterocycles. The maximum Gasteiger partial charge on any atom is 0.416 e. The molecule has 2 N–H and O–H groups in total. The van der Waals surface area contributed by atoms with Crippen molar-refractivity contribution in [3.05, 3.63) is 88.6 Å². The van der Waals surface area contributed by atoms with E-state index in [4.69, 9.17) is 0 Å². The minimum absolute atomic E-state index is 0.00360. The average molecular weight is 590 g/mol. The van der Waals surface area contributed by atoms with Crippen LogP contribution in [-0.2, 0) is 28.7 Å². The Labute approximate surface area is 249 Å². The summed E-state index contributed by atoms with van der Waals surface area (Å²) in [6, 6.07) is 14.6. The zero-order valence-corrected chi connectivity index (χ0v) is 24.0. The van der Waals surface area contributed by atoms with Gasteiger partial charge in [0.15, 0.2) is 0 Å². The molecule has 3 aromatic rings. The molecule has 2 fully saturated rings. The molecule has 43 heavy (non-hydrogen) atoms. The van der Waals surface area contributed by atoms with Gasteiger partial charge >= 0.3 is 6.18 Å². The molecule has 0 unspecified atom stereocenters. The summed E-state index contributed by atoms with van der Waals surface area (Å²) in [5, 5.41) is 5.40. The summed E-state index contributed by atoms with van der Waals surface area (Å²) >= 11 is 0. The van der Waals surface area contributed by atoms with Crippen LogP contribution in [0.5, 0.6) is 0 Å². The fourth-order valence-electron chi connectivity index (χ4n) is 4.92. The number of likely N-dealkylation sites (N-methyl/N-ethyl adjacent to an activating group) is 1. The number of anilines is 2. The van der Waals surface area contributed by atoms with Gasteiger partial charge in [0.2, 0.25) is 11.8 Å². The van der Waals surface area contributed by atoms with E-state index in [1.807, 2.05) is 4.90 Å². The minimum atomic E-state index is -4.53. The van der Waals surface area contributed by atoms with E-state index in [1.165, 1.54) is 12.1 Å². The third kappa shape index (κ3) is 8.66. The molecule has 224 valence electrons. The van der Waals surface area contributed by atoms with E-state index in [2.05, 4.69) is 39.3 Å². The number of nitrogens with zero attached hydrogens (tertiary/aromatic N) is 3. The number of alkyl halides is 3. The summed E-state index contributed by atoms with van der Waals surface area (Å²) in [6.45, 7) is 6.36. The summed E-state index contributed by atoms with van der Waals surface area (Å²) in [4.78, 5) is 33.1.